The summed E-state index contributed by atoms with van der Waals surface area (Å²) < 4.78 is 6.21. The molecule has 0 bridgehead atoms. The molecule has 1 saturated carbocycles. The molecular weight excluding hydrogens is 356 g/mol. The van der Waals surface area contributed by atoms with Crippen molar-refractivity contribution >= 4 is 0 Å². The maximum Gasteiger partial charge on any atom is 0.0639 e. The zero-order valence-corrected chi connectivity index (χ0v) is 21.1. The van der Waals surface area contributed by atoms with E-state index in [4.69, 9.17) is 4.74 Å². The van der Waals surface area contributed by atoms with Crippen LogP contribution in [0.15, 0.2) is 0 Å². The highest BCUT2D eigenvalue weighted by Gasteiger charge is 2.29. The number of ether oxygens (including phenoxy) is 1. The summed E-state index contributed by atoms with van der Waals surface area (Å²) >= 11 is 0. The summed E-state index contributed by atoms with van der Waals surface area (Å²) in [5, 5.41) is 10.2. The van der Waals surface area contributed by atoms with Crippen LogP contribution in [0.3, 0.4) is 0 Å². The molecule has 0 amide bonds. The van der Waals surface area contributed by atoms with Crippen LogP contribution in [0.2, 0.25) is 0 Å². The molecular formula is C27H54O2. The number of hydrogen-bond acceptors (Lipinski definition) is 2. The highest BCUT2D eigenvalue weighted by molar-refractivity contribution is 4.81. The van der Waals surface area contributed by atoms with Gasteiger partial charge < -0.3 is 9.84 Å². The molecule has 2 heteroatoms. The Balaban J connectivity index is 2.25. The van der Waals surface area contributed by atoms with Crippen LogP contribution in [-0.4, -0.2) is 22.9 Å². The second kappa shape index (κ2) is 13.4. The van der Waals surface area contributed by atoms with Gasteiger partial charge in [0.25, 0.3) is 0 Å². The van der Waals surface area contributed by atoms with E-state index in [1.807, 2.05) is 13.8 Å². The SMILES string of the molecule is CCC(C)(O)CCOC(C)(C)CC1CCCC(CCCC(C)CCCC(C)C)C1. The van der Waals surface area contributed by atoms with Gasteiger partial charge in [0.05, 0.1) is 17.8 Å². The van der Waals surface area contributed by atoms with E-state index in [0.717, 1.165) is 36.5 Å². The van der Waals surface area contributed by atoms with E-state index in [-0.39, 0.29) is 5.60 Å². The van der Waals surface area contributed by atoms with Gasteiger partial charge in [0.15, 0.2) is 0 Å². The van der Waals surface area contributed by atoms with Crippen molar-refractivity contribution in [2.75, 3.05) is 6.61 Å². The topological polar surface area (TPSA) is 29.5 Å². The molecule has 0 aromatic rings. The Morgan fingerprint density at radius 3 is 2.28 bits per heavy atom. The van der Waals surface area contributed by atoms with Gasteiger partial charge in [0, 0.05) is 0 Å². The van der Waals surface area contributed by atoms with Gasteiger partial charge in [0.1, 0.15) is 0 Å². The van der Waals surface area contributed by atoms with Gasteiger partial charge in [-0.1, -0.05) is 85.5 Å². The fourth-order valence-corrected chi connectivity index (χ4v) is 5.10. The zero-order valence-electron chi connectivity index (χ0n) is 21.1. The zero-order chi connectivity index (χ0) is 21.9. The van der Waals surface area contributed by atoms with Crippen LogP contribution in [-0.2, 0) is 4.74 Å². The lowest BCUT2D eigenvalue weighted by molar-refractivity contribution is -0.0653. The Morgan fingerprint density at radius 1 is 0.966 bits per heavy atom. The van der Waals surface area contributed by atoms with Crippen molar-refractivity contribution in [1.29, 1.82) is 0 Å². The van der Waals surface area contributed by atoms with Crippen molar-refractivity contribution in [3.63, 3.8) is 0 Å². The van der Waals surface area contributed by atoms with Gasteiger partial charge in [-0.25, -0.2) is 0 Å². The molecule has 1 aliphatic carbocycles. The molecule has 0 radical (unpaired) electrons. The quantitative estimate of drug-likeness (QED) is 0.295. The van der Waals surface area contributed by atoms with Crippen LogP contribution in [0.1, 0.15) is 132 Å². The molecule has 0 heterocycles. The van der Waals surface area contributed by atoms with Crippen molar-refractivity contribution in [3.8, 4) is 0 Å². The highest BCUT2D eigenvalue weighted by atomic mass is 16.5. The molecule has 4 unspecified atom stereocenters. The molecule has 1 aliphatic rings. The van der Waals surface area contributed by atoms with Gasteiger partial charge in [0.2, 0.25) is 0 Å². The first kappa shape index (κ1) is 27.0. The molecule has 29 heavy (non-hydrogen) atoms. The molecule has 1 rings (SSSR count). The third kappa shape index (κ3) is 13.0. The van der Waals surface area contributed by atoms with Crippen LogP contribution in [0.4, 0.5) is 0 Å². The Labute approximate surface area is 183 Å². The van der Waals surface area contributed by atoms with Gasteiger partial charge in [-0.3, -0.25) is 0 Å². The van der Waals surface area contributed by atoms with Crippen molar-refractivity contribution in [2.45, 2.75) is 143 Å². The van der Waals surface area contributed by atoms with Crippen LogP contribution in [0.25, 0.3) is 0 Å². The van der Waals surface area contributed by atoms with Gasteiger partial charge >= 0.3 is 0 Å². The Kier molecular flexibility index (Phi) is 12.4. The average Bonchev–Trinajstić information content (AvgIpc) is 2.61. The highest BCUT2D eigenvalue weighted by Crippen LogP contribution is 2.37. The van der Waals surface area contributed by atoms with E-state index < -0.39 is 5.60 Å². The second-order valence-corrected chi connectivity index (χ2v) is 11.7. The van der Waals surface area contributed by atoms with Crippen LogP contribution >= 0.6 is 0 Å². The molecule has 2 nitrogen and oxygen atoms in total. The molecule has 1 fully saturated rings. The number of aliphatic hydroxyl groups is 1. The fraction of sp³-hybridized carbons (Fsp3) is 1.00. The summed E-state index contributed by atoms with van der Waals surface area (Å²) in [7, 11) is 0. The Bertz CT molecular complexity index is 413. The van der Waals surface area contributed by atoms with Crippen LogP contribution < -0.4 is 0 Å². The predicted molar refractivity (Wildman–Crippen MR) is 127 cm³/mol. The van der Waals surface area contributed by atoms with E-state index in [9.17, 15) is 5.11 Å². The first-order valence-corrected chi connectivity index (χ1v) is 12.9. The van der Waals surface area contributed by atoms with E-state index in [2.05, 4.69) is 34.6 Å². The summed E-state index contributed by atoms with van der Waals surface area (Å²) in [6, 6.07) is 0. The smallest absolute Gasteiger partial charge is 0.0639 e. The van der Waals surface area contributed by atoms with E-state index >= 15 is 0 Å². The number of rotatable bonds is 15. The molecule has 0 spiro atoms. The van der Waals surface area contributed by atoms with Crippen molar-refractivity contribution < 1.29 is 9.84 Å². The third-order valence-corrected chi connectivity index (χ3v) is 7.35. The minimum Gasteiger partial charge on any atom is -0.390 e. The lowest BCUT2D eigenvalue weighted by Gasteiger charge is -2.36. The third-order valence-electron chi connectivity index (χ3n) is 7.35. The molecule has 0 aliphatic heterocycles. The van der Waals surface area contributed by atoms with Gasteiger partial charge in [-0.2, -0.15) is 0 Å². The number of hydrogen-bond donors (Lipinski definition) is 1. The van der Waals surface area contributed by atoms with Gasteiger partial charge in [-0.15, -0.1) is 0 Å². The molecule has 174 valence electrons. The van der Waals surface area contributed by atoms with Crippen LogP contribution in [0, 0.1) is 23.7 Å². The van der Waals surface area contributed by atoms with E-state index in [1.54, 1.807) is 0 Å². The maximum atomic E-state index is 10.2. The standard InChI is InChI=1S/C27H54O2/c1-8-27(7,28)18-19-29-26(5,6)21-25-17-11-16-24(20-25)15-10-14-23(4)13-9-12-22(2)3/h22-25,28H,8-21H2,1-7H3. The first-order chi connectivity index (χ1) is 13.5. The Hall–Kier alpha value is -0.0800. The lowest BCUT2D eigenvalue weighted by atomic mass is 9.75. The first-order valence-electron chi connectivity index (χ1n) is 12.9. The normalized spacial score (nSPS) is 23.9. The van der Waals surface area contributed by atoms with Crippen LogP contribution in [0.5, 0.6) is 0 Å². The lowest BCUT2D eigenvalue weighted by Crippen LogP contribution is -2.33. The maximum absolute atomic E-state index is 10.2. The monoisotopic (exact) mass is 410 g/mol. The molecule has 4 atom stereocenters. The molecule has 0 saturated heterocycles. The molecule has 0 aromatic carbocycles. The summed E-state index contributed by atoms with van der Waals surface area (Å²) in [5.74, 6) is 3.52. The largest absolute Gasteiger partial charge is 0.390 e. The van der Waals surface area contributed by atoms with E-state index in [0.29, 0.717) is 6.61 Å². The van der Waals surface area contributed by atoms with Crippen molar-refractivity contribution in [2.24, 2.45) is 23.7 Å². The second-order valence-electron chi connectivity index (χ2n) is 11.7. The summed E-state index contributed by atoms with van der Waals surface area (Å²) in [6.07, 6.45) is 16.8. The van der Waals surface area contributed by atoms with E-state index in [1.165, 1.54) is 70.6 Å². The minimum atomic E-state index is -0.585. The summed E-state index contributed by atoms with van der Waals surface area (Å²) in [4.78, 5) is 0. The predicted octanol–water partition coefficient (Wildman–Crippen LogP) is 8.16. The molecule has 1 N–H and O–H groups in total. The molecule has 0 aromatic heterocycles. The van der Waals surface area contributed by atoms with Gasteiger partial charge in [-0.05, 0) is 70.1 Å². The van der Waals surface area contributed by atoms with Crippen molar-refractivity contribution in [1.82, 2.24) is 0 Å². The minimum absolute atomic E-state index is 0.0681. The Morgan fingerprint density at radius 2 is 1.62 bits per heavy atom. The average molecular weight is 411 g/mol. The van der Waals surface area contributed by atoms with Crippen molar-refractivity contribution in [3.05, 3.63) is 0 Å². The summed E-state index contributed by atoms with van der Waals surface area (Å²) in [5.41, 5.74) is -0.654. The fourth-order valence-electron chi connectivity index (χ4n) is 5.10. The summed E-state index contributed by atoms with van der Waals surface area (Å²) in [6.45, 7) is 16.3.